The van der Waals surface area contributed by atoms with Crippen LogP contribution < -0.4 is 5.32 Å². The van der Waals surface area contributed by atoms with Crippen molar-refractivity contribution in [2.24, 2.45) is 0 Å². The first-order chi connectivity index (χ1) is 5.61. The molecule has 0 aliphatic carbocycles. The lowest BCUT2D eigenvalue weighted by Gasteiger charge is -2.18. The van der Waals surface area contributed by atoms with Gasteiger partial charge in [-0.25, -0.2) is 0 Å². The molecule has 0 spiro atoms. The van der Waals surface area contributed by atoms with E-state index in [-0.39, 0.29) is 0 Å². The Bertz CT molecular complexity index is 313. The summed E-state index contributed by atoms with van der Waals surface area (Å²) in [5, 5.41) is 3.43. The molecule has 0 bridgehead atoms. The van der Waals surface area contributed by atoms with Gasteiger partial charge in [-0.1, -0.05) is 26.0 Å². The minimum absolute atomic E-state index is 0.306. The van der Waals surface area contributed by atoms with Gasteiger partial charge < -0.3 is 5.32 Å². The number of nitrogens with one attached hydrogen (secondary N) is 1. The Labute approximate surface area is 73.8 Å². The lowest BCUT2D eigenvalue weighted by atomic mass is 9.84. The highest BCUT2D eigenvalue weighted by Gasteiger charge is 2.30. The van der Waals surface area contributed by atoms with Crippen LogP contribution in [0.3, 0.4) is 0 Å². The molecular formula is C11H15N. The Kier molecular flexibility index (Phi) is 1.44. The zero-order chi connectivity index (χ0) is 8.77. The topological polar surface area (TPSA) is 12.0 Å². The first kappa shape index (κ1) is 7.66. The Morgan fingerprint density at radius 1 is 1.33 bits per heavy atom. The van der Waals surface area contributed by atoms with Crippen LogP contribution in [0.25, 0.3) is 0 Å². The lowest BCUT2D eigenvalue weighted by Crippen LogP contribution is -2.19. The zero-order valence-electron chi connectivity index (χ0n) is 7.94. The van der Waals surface area contributed by atoms with Crippen LogP contribution >= 0.6 is 0 Å². The molecule has 0 saturated carbocycles. The highest BCUT2D eigenvalue weighted by Crippen LogP contribution is 2.37. The standard InChI is InChI=1S/C11H15N/c1-8-5-4-6-9-10(8)11(2,3)7-12-9/h4-6,12H,7H2,1-3H3. The molecule has 1 N–H and O–H groups in total. The van der Waals surface area contributed by atoms with Gasteiger partial charge in [-0.3, -0.25) is 0 Å². The quantitative estimate of drug-likeness (QED) is 0.617. The predicted octanol–water partition coefficient (Wildman–Crippen LogP) is 2.70. The van der Waals surface area contributed by atoms with Gasteiger partial charge in [0.1, 0.15) is 0 Å². The van der Waals surface area contributed by atoms with E-state index in [2.05, 4.69) is 44.3 Å². The Balaban J connectivity index is 2.64. The molecule has 0 aromatic heterocycles. The van der Waals surface area contributed by atoms with E-state index >= 15 is 0 Å². The van der Waals surface area contributed by atoms with Gasteiger partial charge in [0.15, 0.2) is 0 Å². The van der Waals surface area contributed by atoms with Crippen molar-refractivity contribution in [1.82, 2.24) is 0 Å². The van der Waals surface area contributed by atoms with Crippen LogP contribution in [0.1, 0.15) is 25.0 Å². The normalized spacial score (nSPS) is 18.6. The monoisotopic (exact) mass is 161 g/mol. The van der Waals surface area contributed by atoms with Crippen molar-refractivity contribution < 1.29 is 0 Å². The fraction of sp³-hybridized carbons (Fsp3) is 0.455. The molecule has 0 unspecified atom stereocenters. The van der Waals surface area contributed by atoms with E-state index in [1.165, 1.54) is 16.8 Å². The molecule has 1 aromatic carbocycles. The summed E-state index contributed by atoms with van der Waals surface area (Å²) in [5.74, 6) is 0. The average molecular weight is 161 g/mol. The number of fused-ring (bicyclic) bond motifs is 1. The molecule has 0 atom stereocenters. The number of hydrogen-bond donors (Lipinski definition) is 1. The molecule has 0 fully saturated rings. The molecule has 0 amide bonds. The van der Waals surface area contributed by atoms with Crippen LogP contribution in [0.5, 0.6) is 0 Å². The predicted molar refractivity (Wildman–Crippen MR) is 52.7 cm³/mol. The van der Waals surface area contributed by atoms with E-state index in [0.29, 0.717) is 5.41 Å². The van der Waals surface area contributed by atoms with Crippen molar-refractivity contribution in [3.05, 3.63) is 29.3 Å². The molecule has 12 heavy (non-hydrogen) atoms. The summed E-state index contributed by atoms with van der Waals surface area (Å²) in [4.78, 5) is 0. The van der Waals surface area contributed by atoms with E-state index in [1.807, 2.05) is 0 Å². The first-order valence-electron chi connectivity index (χ1n) is 4.45. The van der Waals surface area contributed by atoms with E-state index in [4.69, 9.17) is 0 Å². The van der Waals surface area contributed by atoms with Crippen molar-refractivity contribution in [3.8, 4) is 0 Å². The highest BCUT2D eigenvalue weighted by molar-refractivity contribution is 5.62. The van der Waals surface area contributed by atoms with Crippen LogP contribution in [0.15, 0.2) is 18.2 Å². The molecule has 2 rings (SSSR count). The summed E-state index contributed by atoms with van der Waals surface area (Å²) in [6.45, 7) is 7.83. The molecule has 1 heterocycles. The highest BCUT2D eigenvalue weighted by atomic mass is 14.9. The molecule has 1 aliphatic heterocycles. The average Bonchev–Trinajstić information content (AvgIpc) is 2.29. The molecule has 1 heteroatoms. The Hall–Kier alpha value is -0.980. The second-order valence-electron chi connectivity index (χ2n) is 4.23. The number of rotatable bonds is 0. The van der Waals surface area contributed by atoms with E-state index in [1.54, 1.807) is 0 Å². The minimum Gasteiger partial charge on any atom is -0.384 e. The number of hydrogen-bond acceptors (Lipinski definition) is 1. The number of anilines is 1. The third-order valence-electron chi connectivity index (χ3n) is 2.67. The van der Waals surface area contributed by atoms with Gasteiger partial charge in [-0.2, -0.15) is 0 Å². The Morgan fingerprint density at radius 3 is 2.75 bits per heavy atom. The second kappa shape index (κ2) is 2.25. The van der Waals surface area contributed by atoms with Crippen molar-refractivity contribution in [2.45, 2.75) is 26.2 Å². The van der Waals surface area contributed by atoms with Crippen molar-refractivity contribution in [1.29, 1.82) is 0 Å². The van der Waals surface area contributed by atoms with Gasteiger partial charge in [0.05, 0.1) is 0 Å². The number of benzene rings is 1. The van der Waals surface area contributed by atoms with Gasteiger partial charge >= 0.3 is 0 Å². The van der Waals surface area contributed by atoms with E-state index in [9.17, 15) is 0 Å². The number of aryl methyl sites for hydroxylation is 1. The van der Waals surface area contributed by atoms with Crippen molar-refractivity contribution >= 4 is 5.69 Å². The van der Waals surface area contributed by atoms with Crippen LogP contribution in [0.4, 0.5) is 5.69 Å². The van der Waals surface area contributed by atoms with Gasteiger partial charge in [0.25, 0.3) is 0 Å². The smallest absolute Gasteiger partial charge is 0.0381 e. The van der Waals surface area contributed by atoms with Gasteiger partial charge in [-0.15, -0.1) is 0 Å². The Morgan fingerprint density at radius 2 is 2.08 bits per heavy atom. The van der Waals surface area contributed by atoms with Crippen LogP contribution in [-0.2, 0) is 5.41 Å². The maximum absolute atomic E-state index is 3.43. The fourth-order valence-electron chi connectivity index (χ4n) is 2.12. The van der Waals surface area contributed by atoms with Crippen LogP contribution in [0, 0.1) is 6.92 Å². The van der Waals surface area contributed by atoms with Gasteiger partial charge in [0.2, 0.25) is 0 Å². The van der Waals surface area contributed by atoms with Crippen LogP contribution in [-0.4, -0.2) is 6.54 Å². The summed E-state index contributed by atoms with van der Waals surface area (Å²) in [7, 11) is 0. The molecule has 1 aliphatic rings. The zero-order valence-corrected chi connectivity index (χ0v) is 7.94. The summed E-state index contributed by atoms with van der Waals surface area (Å²) < 4.78 is 0. The SMILES string of the molecule is Cc1cccc2c1C(C)(C)CN2. The van der Waals surface area contributed by atoms with Gasteiger partial charge in [-0.05, 0) is 24.1 Å². The van der Waals surface area contributed by atoms with Crippen molar-refractivity contribution in [3.63, 3.8) is 0 Å². The molecule has 0 radical (unpaired) electrons. The molecule has 0 saturated heterocycles. The molecule has 1 aromatic rings. The summed E-state index contributed by atoms with van der Waals surface area (Å²) >= 11 is 0. The molecule has 64 valence electrons. The van der Waals surface area contributed by atoms with Crippen molar-refractivity contribution in [2.75, 3.05) is 11.9 Å². The molecule has 1 nitrogen and oxygen atoms in total. The summed E-state index contributed by atoms with van der Waals surface area (Å²) in [6, 6.07) is 6.47. The van der Waals surface area contributed by atoms with E-state index in [0.717, 1.165) is 6.54 Å². The van der Waals surface area contributed by atoms with Crippen LogP contribution in [0.2, 0.25) is 0 Å². The summed E-state index contributed by atoms with van der Waals surface area (Å²) in [5.41, 5.74) is 4.52. The molecular weight excluding hydrogens is 146 g/mol. The summed E-state index contributed by atoms with van der Waals surface area (Å²) in [6.07, 6.45) is 0. The fourth-order valence-corrected chi connectivity index (χ4v) is 2.12. The minimum atomic E-state index is 0.306. The maximum Gasteiger partial charge on any atom is 0.0381 e. The largest absolute Gasteiger partial charge is 0.384 e. The lowest BCUT2D eigenvalue weighted by molar-refractivity contribution is 0.583. The third-order valence-corrected chi connectivity index (χ3v) is 2.67. The van der Waals surface area contributed by atoms with E-state index < -0.39 is 0 Å². The first-order valence-corrected chi connectivity index (χ1v) is 4.45. The van der Waals surface area contributed by atoms with Gasteiger partial charge in [0, 0.05) is 17.6 Å². The third kappa shape index (κ3) is 0.927. The maximum atomic E-state index is 3.43. The second-order valence-corrected chi connectivity index (χ2v) is 4.23.